The van der Waals surface area contributed by atoms with Gasteiger partial charge in [0.05, 0.1) is 0 Å². The van der Waals surface area contributed by atoms with Gasteiger partial charge in [0.15, 0.2) is 0 Å². The second kappa shape index (κ2) is 23.6. The molecule has 0 saturated carbocycles. The first-order valence-corrected chi connectivity index (χ1v) is 8.00. The molecule has 0 aliphatic carbocycles. The van der Waals surface area contributed by atoms with E-state index in [-0.39, 0.29) is 130 Å². The second-order valence-electron chi connectivity index (χ2n) is 5.43. The van der Waals surface area contributed by atoms with Crippen LogP contribution in [0.15, 0.2) is 48.5 Å². The number of aromatic hydroxyl groups is 2. The molecule has 5 heteroatoms. The Balaban J connectivity index is -0.000000101. The maximum Gasteiger partial charge on any atom is 0.115 e. The minimum atomic E-state index is -0.151. The Morgan fingerprint density at radius 3 is 1.00 bits per heavy atom. The molecule has 0 amide bonds. The summed E-state index contributed by atoms with van der Waals surface area (Å²) in [7, 11) is 0. The summed E-state index contributed by atoms with van der Waals surface area (Å²) in [6, 6.07) is 14.4. The number of phenols is 2. The Labute approximate surface area is 244 Å². The van der Waals surface area contributed by atoms with Gasteiger partial charge in [-0.15, -0.1) is 0 Å². The third-order valence-corrected chi connectivity index (χ3v) is 3.18. The van der Waals surface area contributed by atoms with Gasteiger partial charge in [-0.2, -0.15) is 0 Å². The Morgan fingerprint density at radius 1 is 0.630 bits per heavy atom. The van der Waals surface area contributed by atoms with Crippen molar-refractivity contribution in [3.8, 4) is 11.5 Å². The SMILES string of the molecule is CC.CC(C)(c1ccc(O)cc1)c1ccc(O)cc1.CCC.[CH3-].[CH3-].[Y].[Y].[Y]. The summed E-state index contributed by atoms with van der Waals surface area (Å²) in [5, 5.41) is 18.6. The van der Waals surface area contributed by atoms with E-state index in [9.17, 15) is 10.2 Å². The number of hydrogen-bond acceptors (Lipinski definition) is 2. The van der Waals surface area contributed by atoms with Crippen molar-refractivity contribution in [2.24, 2.45) is 0 Å². The third-order valence-electron chi connectivity index (χ3n) is 3.18. The van der Waals surface area contributed by atoms with Gasteiger partial charge in [0.2, 0.25) is 0 Å². The zero-order valence-corrected chi connectivity index (χ0v) is 27.0. The molecule has 0 heterocycles. The van der Waals surface area contributed by atoms with E-state index in [1.807, 2.05) is 38.1 Å². The topological polar surface area (TPSA) is 40.5 Å². The molecule has 2 aromatic rings. The fraction of sp³-hybridized carbons (Fsp3) is 0.364. The van der Waals surface area contributed by atoms with Crippen LogP contribution >= 0.6 is 0 Å². The van der Waals surface area contributed by atoms with Crippen molar-refractivity contribution in [1.29, 1.82) is 0 Å². The largest absolute Gasteiger partial charge is 0.508 e. The molecule has 0 aromatic heterocycles. The molecule has 2 N–H and O–H groups in total. The Hall–Kier alpha value is 1.35. The van der Waals surface area contributed by atoms with Gasteiger partial charge in [0, 0.05) is 104 Å². The standard InChI is InChI=1S/C15H16O2.C3H8.C2H6.2CH3.3Y/c1-15(2,11-3-7-13(16)8-4-11)12-5-9-14(17)10-6-12;1-3-2;1-2;;;;;/h3-10,16-17H,1-2H3;3H2,1-2H3;1-2H3;2*1H3;;;/q;;;2*-1;;;. The first-order valence-electron chi connectivity index (χ1n) is 8.00. The van der Waals surface area contributed by atoms with Crippen LogP contribution in [0.5, 0.6) is 11.5 Å². The van der Waals surface area contributed by atoms with Gasteiger partial charge in [0.25, 0.3) is 0 Å². The maximum atomic E-state index is 9.30. The van der Waals surface area contributed by atoms with Crippen LogP contribution in [-0.2, 0) is 104 Å². The van der Waals surface area contributed by atoms with Gasteiger partial charge >= 0.3 is 0 Å². The van der Waals surface area contributed by atoms with Crippen LogP contribution in [0, 0.1) is 14.9 Å². The summed E-state index contributed by atoms with van der Waals surface area (Å²) in [6.07, 6.45) is 1.25. The van der Waals surface area contributed by atoms with Crippen molar-refractivity contribution in [3.05, 3.63) is 74.5 Å². The molecule has 0 spiro atoms. The molecule has 2 nitrogen and oxygen atoms in total. The summed E-state index contributed by atoms with van der Waals surface area (Å²) in [6.45, 7) is 12.5. The van der Waals surface area contributed by atoms with Gasteiger partial charge in [-0.1, -0.05) is 72.2 Å². The zero-order chi connectivity index (χ0) is 17.2. The van der Waals surface area contributed by atoms with E-state index in [2.05, 4.69) is 27.7 Å². The Bertz CT molecular complexity index is 477. The monoisotopic (exact) mass is 599 g/mol. The van der Waals surface area contributed by atoms with Crippen LogP contribution in [0.3, 0.4) is 0 Å². The molecule has 0 unspecified atom stereocenters. The maximum absolute atomic E-state index is 9.30. The molecule has 0 saturated heterocycles. The van der Waals surface area contributed by atoms with Crippen LogP contribution in [-0.4, -0.2) is 10.2 Å². The van der Waals surface area contributed by atoms with E-state index < -0.39 is 0 Å². The summed E-state index contributed by atoms with van der Waals surface area (Å²) in [5.74, 6) is 0.547. The first-order chi connectivity index (χ1) is 10.4. The second-order valence-corrected chi connectivity index (χ2v) is 5.43. The van der Waals surface area contributed by atoms with E-state index in [4.69, 9.17) is 0 Å². The predicted molar refractivity (Wildman–Crippen MR) is 108 cm³/mol. The van der Waals surface area contributed by atoms with Crippen molar-refractivity contribution in [2.45, 2.75) is 53.4 Å². The van der Waals surface area contributed by atoms with Crippen LogP contribution < -0.4 is 0 Å². The predicted octanol–water partition coefficient (Wildman–Crippen LogP) is 6.76. The van der Waals surface area contributed by atoms with E-state index in [0.29, 0.717) is 0 Å². The molecule has 147 valence electrons. The van der Waals surface area contributed by atoms with E-state index in [1.165, 1.54) is 6.42 Å². The van der Waals surface area contributed by atoms with Gasteiger partial charge in [-0.05, 0) is 35.4 Å². The van der Waals surface area contributed by atoms with Gasteiger partial charge < -0.3 is 25.1 Å². The molecule has 3 radical (unpaired) electrons. The third kappa shape index (κ3) is 15.8. The fourth-order valence-corrected chi connectivity index (χ4v) is 1.92. The van der Waals surface area contributed by atoms with Gasteiger partial charge in [-0.25, -0.2) is 0 Å². The van der Waals surface area contributed by atoms with Crippen LogP contribution in [0.25, 0.3) is 0 Å². The molecule has 2 aromatic carbocycles. The first kappa shape index (κ1) is 42.5. The molecule has 0 bridgehead atoms. The van der Waals surface area contributed by atoms with E-state index >= 15 is 0 Å². The van der Waals surface area contributed by atoms with Gasteiger partial charge in [-0.3, -0.25) is 0 Å². The molecule has 0 atom stereocenters. The number of hydrogen-bond donors (Lipinski definition) is 2. The molecule has 0 fully saturated rings. The van der Waals surface area contributed by atoms with Crippen molar-refractivity contribution < 1.29 is 108 Å². The quantitative estimate of drug-likeness (QED) is 0.375. The van der Waals surface area contributed by atoms with Crippen molar-refractivity contribution in [1.82, 2.24) is 0 Å². The summed E-state index contributed by atoms with van der Waals surface area (Å²) < 4.78 is 0. The molecule has 0 aliphatic heterocycles. The minimum absolute atomic E-state index is 0. The smallest absolute Gasteiger partial charge is 0.115 e. The average molecular weight is 599 g/mol. The number of phenolic OH excluding ortho intramolecular Hbond substituents is 2. The van der Waals surface area contributed by atoms with Crippen molar-refractivity contribution in [3.63, 3.8) is 0 Å². The van der Waals surface area contributed by atoms with Crippen molar-refractivity contribution in [2.75, 3.05) is 0 Å². The summed E-state index contributed by atoms with van der Waals surface area (Å²) in [4.78, 5) is 0. The fourth-order valence-electron chi connectivity index (χ4n) is 1.92. The van der Waals surface area contributed by atoms with Crippen molar-refractivity contribution >= 4 is 0 Å². The normalized spacial score (nSPS) is 8.07. The number of rotatable bonds is 2. The summed E-state index contributed by atoms with van der Waals surface area (Å²) >= 11 is 0. The Morgan fingerprint density at radius 2 is 0.815 bits per heavy atom. The van der Waals surface area contributed by atoms with Crippen LogP contribution in [0.1, 0.15) is 59.1 Å². The minimum Gasteiger partial charge on any atom is -0.508 e. The Kier molecular flexibility index (Phi) is 37.2. The summed E-state index contributed by atoms with van der Waals surface area (Å²) in [5.41, 5.74) is 2.10. The molecular formula is C22H36O2Y3-2. The zero-order valence-electron chi connectivity index (χ0n) is 18.5. The molecule has 0 aliphatic rings. The molecular weight excluding hydrogens is 563 g/mol. The van der Waals surface area contributed by atoms with Crippen LogP contribution in [0.2, 0.25) is 0 Å². The van der Waals surface area contributed by atoms with Gasteiger partial charge in [0.1, 0.15) is 11.5 Å². The molecule has 27 heavy (non-hydrogen) atoms. The van der Waals surface area contributed by atoms with Crippen LogP contribution in [0.4, 0.5) is 0 Å². The molecule has 2 rings (SSSR count). The average Bonchev–Trinajstić information content (AvgIpc) is 2.51. The van der Waals surface area contributed by atoms with E-state index in [0.717, 1.165) is 11.1 Å². The van der Waals surface area contributed by atoms with E-state index in [1.54, 1.807) is 24.3 Å². The number of benzene rings is 2.